The van der Waals surface area contributed by atoms with Gasteiger partial charge in [0.2, 0.25) is 0 Å². The van der Waals surface area contributed by atoms with Gasteiger partial charge in [0.15, 0.2) is 5.88 Å². The predicted molar refractivity (Wildman–Crippen MR) is 67.5 cm³/mol. The highest BCUT2D eigenvalue weighted by molar-refractivity contribution is 5.48. The molecule has 0 saturated carbocycles. The maximum Gasteiger partial charge on any atom is 0.196 e. The minimum absolute atomic E-state index is 0.691. The molecule has 16 heavy (non-hydrogen) atoms. The van der Waals surface area contributed by atoms with E-state index in [1.54, 1.807) is 0 Å². The molecule has 88 valence electrons. The largest absolute Gasteiger partial charge is 0.441 e. The van der Waals surface area contributed by atoms with Crippen LogP contribution in [-0.2, 0) is 0 Å². The number of furan rings is 1. The maximum absolute atomic E-state index is 5.77. The number of piperidine rings is 1. The van der Waals surface area contributed by atoms with Gasteiger partial charge in [-0.15, -0.1) is 0 Å². The molecule has 0 unspecified atom stereocenters. The van der Waals surface area contributed by atoms with Crippen LogP contribution in [0, 0.1) is 0 Å². The highest BCUT2D eigenvalue weighted by Gasteiger charge is 2.13. The summed E-state index contributed by atoms with van der Waals surface area (Å²) < 4.78 is 5.77. The molecule has 0 aliphatic carbocycles. The van der Waals surface area contributed by atoms with Crippen LogP contribution in [-0.4, -0.2) is 19.6 Å². The first-order valence-corrected chi connectivity index (χ1v) is 6.11. The molecule has 0 spiro atoms. The SMILES string of the molecule is NCCC=Cc1ccc(N2CCCCC2)o1. The quantitative estimate of drug-likeness (QED) is 0.848. The third kappa shape index (κ3) is 2.89. The Morgan fingerprint density at radius 1 is 1.25 bits per heavy atom. The number of nitrogens with zero attached hydrogens (tertiary/aromatic N) is 1. The molecule has 2 N–H and O–H groups in total. The Morgan fingerprint density at radius 3 is 2.81 bits per heavy atom. The summed E-state index contributed by atoms with van der Waals surface area (Å²) in [5, 5.41) is 0. The normalized spacial score (nSPS) is 17.2. The first-order chi connectivity index (χ1) is 7.90. The molecule has 1 aromatic heterocycles. The fourth-order valence-electron chi connectivity index (χ4n) is 2.01. The Balaban J connectivity index is 1.95. The Kier molecular flexibility index (Phi) is 4.05. The lowest BCUT2D eigenvalue weighted by molar-refractivity contribution is 0.496. The van der Waals surface area contributed by atoms with Gasteiger partial charge in [0.25, 0.3) is 0 Å². The molecule has 0 atom stereocenters. The lowest BCUT2D eigenvalue weighted by atomic mass is 10.1. The molecule has 1 aliphatic heterocycles. The molecule has 3 nitrogen and oxygen atoms in total. The highest BCUT2D eigenvalue weighted by Crippen LogP contribution is 2.23. The van der Waals surface area contributed by atoms with Crippen molar-refractivity contribution in [3.8, 4) is 0 Å². The van der Waals surface area contributed by atoms with Crippen molar-refractivity contribution in [2.45, 2.75) is 25.7 Å². The zero-order chi connectivity index (χ0) is 11.2. The summed E-state index contributed by atoms with van der Waals surface area (Å²) in [6.07, 6.45) is 8.86. The smallest absolute Gasteiger partial charge is 0.196 e. The number of rotatable bonds is 4. The van der Waals surface area contributed by atoms with Gasteiger partial charge in [-0.25, -0.2) is 0 Å². The van der Waals surface area contributed by atoms with E-state index in [0.717, 1.165) is 31.2 Å². The molecule has 1 fully saturated rings. The molecule has 0 radical (unpaired) electrons. The topological polar surface area (TPSA) is 42.4 Å². The second-order valence-electron chi connectivity index (χ2n) is 4.20. The standard InChI is InChI=1S/C13H20N2O/c14-9-3-2-6-12-7-8-13(16-12)15-10-4-1-5-11-15/h2,6-8H,1,3-5,9-11,14H2. The molecule has 0 aromatic carbocycles. The van der Waals surface area contributed by atoms with Crippen LogP contribution in [0.4, 0.5) is 5.88 Å². The van der Waals surface area contributed by atoms with Crippen molar-refractivity contribution in [2.75, 3.05) is 24.5 Å². The highest BCUT2D eigenvalue weighted by atomic mass is 16.4. The lowest BCUT2D eigenvalue weighted by Gasteiger charge is -2.25. The average Bonchev–Trinajstić information content (AvgIpc) is 2.79. The lowest BCUT2D eigenvalue weighted by Crippen LogP contribution is -2.28. The molecule has 3 heteroatoms. The zero-order valence-corrected chi connectivity index (χ0v) is 9.69. The minimum atomic E-state index is 0.691. The van der Waals surface area contributed by atoms with Gasteiger partial charge in [-0.05, 0) is 44.4 Å². The van der Waals surface area contributed by atoms with Crippen LogP contribution in [0.15, 0.2) is 22.6 Å². The van der Waals surface area contributed by atoms with Crippen LogP contribution < -0.4 is 10.6 Å². The van der Waals surface area contributed by atoms with E-state index in [2.05, 4.69) is 17.0 Å². The Hall–Kier alpha value is -1.22. The number of nitrogens with two attached hydrogens (primary N) is 1. The second kappa shape index (κ2) is 5.75. The summed E-state index contributed by atoms with van der Waals surface area (Å²) in [6, 6.07) is 4.09. The van der Waals surface area contributed by atoms with Gasteiger partial charge in [-0.1, -0.05) is 6.08 Å². The molecule has 0 amide bonds. The van der Waals surface area contributed by atoms with Crippen molar-refractivity contribution >= 4 is 12.0 Å². The van der Waals surface area contributed by atoms with E-state index in [0.29, 0.717) is 6.54 Å². The first-order valence-electron chi connectivity index (χ1n) is 6.11. The fraction of sp³-hybridized carbons (Fsp3) is 0.538. The third-order valence-corrected chi connectivity index (χ3v) is 2.90. The zero-order valence-electron chi connectivity index (χ0n) is 9.69. The van der Waals surface area contributed by atoms with Gasteiger partial charge in [0.05, 0.1) is 0 Å². The summed E-state index contributed by atoms with van der Waals surface area (Å²) in [7, 11) is 0. The van der Waals surface area contributed by atoms with Crippen LogP contribution in [0.3, 0.4) is 0 Å². The van der Waals surface area contributed by atoms with Gasteiger partial charge in [-0.2, -0.15) is 0 Å². The monoisotopic (exact) mass is 220 g/mol. The Labute approximate surface area is 96.9 Å². The van der Waals surface area contributed by atoms with E-state index in [-0.39, 0.29) is 0 Å². The van der Waals surface area contributed by atoms with Crippen molar-refractivity contribution in [1.82, 2.24) is 0 Å². The minimum Gasteiger partial charge on any atom is -0.441 e. The van der Waals surface area contributed by atoms with Crippen LogP contribution in [0.25, 0.3) is 6.08 Å². The molecule has 0 bridgehead atoms. The predicted octanol–water partition coefficient (Wildman–Crippen LogP) is 2.63. The summed E-state index contributed by atoms with van der Waals surface area (Å²) in [5.41, 5.74) is 5.42. The van der Waals surface area contributed by atoms with E-state index in [1.165, 1.54) is 19.3 Å². The van der Waals surface area contributed by atoms with Crippen molar-refractivity contribution in [3.63, 3.8) is 0 Å². The van der Waals surface area contributed by atoms with Crippen LogP contribution >= 0.6 is 0 Å². The molecule has 1 aromatic rings. The Morgan fingerprint density at radius 2 is 2.06 bits per heavy atom. The van der Waals surface area contributed by atoms with Crippen LogP contribution in [0.2, 0.25) is 0 Å². The van der Waals surface area contributed by atoms with E-state index >= 15 is 0 Å². The van der Waals surface area contributed by atoms with Gasteiger partial charge in [0, 0.05) is 19.2 Å². The van der Waals surface area contributed by atoms with Crippen molar-refractivity contribution in [3.05, 3.63) is 24.0 Å². The summed E-state index contributed by atoms with van der Waals surface area (Å²) >= 11 is 0. The van der Waals surface area contributed by atoms with Gasteiger partial charge in [0.1, 0.15) is 5.76 Å². The van der Waals surface area contributed by atoms with Gasteiger partial charge >= 0.3 is 0 Å². The average molecular weight is 220 g/mol. The summed E-state index contributed by atoms with van der Waals surface area (Å²) in [6.45, 7) is 2.94. The molecule has 2 heterocycles. The van der Waals surface area contributed by atoms with Crippen molar-refractivity contribution in [2.24, 2.45) is 5.73 Å². The molecule has 1 aliphatic rings. The van der Waals surface area contributed by atoms with E-state index in [9.17, 15) is 0 Å². The number of hydrogen-bond donors (Lipinski definition) is 1. The van der Waals surface area contributed by atoms with E-state index in [4.69, 9.17) is 10.2 Å². The van der Waals surface area contributed by atoms with Crippen LogP contribution in [0.1, 0.15) is 31.4 Å². The molecular weight excluding hydrogens is 200 g/mol. The maximum atomic E-state index is 5.77. The van der Waals surface area contributed by atoms with Crippen LogP contribution in [0.5, 0.6) is 0 Å². The molecule has 2 rings (SSSR count). The molecule has 1 saturated heterocycles. The second-order valence-corrected chi connectivity index (χ2v) is 4.20. The third-order valence-electron chi connectivity index (χ3n) is 2.90. The van der Waals surface area contributed by atoms with Crippen molar-refractivity contribution in [1.29, 1.82) is 0 Å². The number of hydrogen-bond acceptors (Lipinski definition) is 3. The summed E-state index contributed by atoms with van der Waals surface area (Å²) in [4.78, 5) is 2.32. The molecular formula is C13H20N2O. The van der Waals surface area contributed by atoms with E-state index < -0.39 is 0 Å². The number of anilines is 1. The summed E-state index contributed by atoms with van der Waals surface area (Å²) in [5.74, 6) is 1.93. The van der Waals surface area contributed by atoms with Crippen molar-refractivity contribution < 1.29 is 4.42 Å². The van der Waals surface area contributed by atoms with E-state index in [1.807, 2.05) is 12.1 Å². The fourth-order valence-corrected chi connectivity index (χ4v) is 2.01. The first kappa shape index (κ1) is 11.3. The van der Waals surface area contributed by atoms with Gasteiger partial charge in [-0.3, -0.25) is 0 Å². The van der Waals surface area contributed by atoms with Gasteiger partial charge < -0.3 is 15.1 Å². The Bertz CT molecular complexity index is 337.